The van der Waals surface area contributed by atoms with Crippen LogP contribution in [0.1, 0.15) is 16.7 Å². The summed E-state index contributed by atoms with van der Waals surface area (Å²) in [6.07, 6.45) is 3.81. The van der Waals surface area contributed by atoms with Gasteiger partial charge in [-0.1, -0.05) is 18.2 Å². The lowest BCUT2D eigenvalue weighted by atomic mass is 10.1. The number of morpholine rings is 1. The maximum absolute atomic E-state index is 12.6. The van der Waals surface area contributed by atoms with Crippen molar-refractivity contribution in [2.75, 3.05) is 19.7 Å². The Labute approximate surface area is 143 Å². The number of aromatic nitrogens is 2. The molecular weight excluding hydrogens is 322 g/mol. The van der Waals surface area contributed by atoms with Gasteiger partial charge in [0, 0.05) is 29.7 Å². The zero-order chi connectivity index (χ0) is 16.4. The average molecular weight is 339 g/mol. The molecule has 3 aromatic rings. The molecule has 1 aliphatic heterocycles. The third kappa shape index (κ3) is 3.16. The minimum Gasteiger partial charge on any atom is -0.367 e. The van der Waals surface area contributed by atoms with Gasteiger partial charge >= 0.3 is 0 Å². The van der Waals surface area contributed by atoms with Crippen LogP contribution in [0.15, 0.2) is 48.1 Å². The Hall–Kier alpha value is -2.31. The standard InChI is InChI=1S/C18H17N3O2S/c22-17(10-13-9-14-3-1-2-4-15(14)20-11-13)21-6-7-23-16(12-21)18-19-5-8-24-18/h1-5,8-9,11,16H,6-7,10,12H2/t16-/m1/s1. The quantitative estimate of drug-likeness (QED) is 0.736. The highest BCUT2D eigenvalue weighted by Crippen LogP contribution is 2.24. The summed E-state index contributed by atoms with van der Waals surface area (Å²) in [5.74, 6) is 0.108. The number of hydrogen-bond acceptors (Lipinski definition) is 5. The molecule has 0 spiro atoms. The van der Waals surface area contributed by atoms with E-state index in [-0.39, 0.29) is 12.0 Å². The summed E-state index contributed by atoms with van der Waals surface area (Å²) >= 11 is 1.56. The fourth-order valence-electron chi connectivity index (χ4n) is 2.92. The molecule has 4 rings (SSSR count). The molecule has 0 aliphatic carbocycles. The predicted octanol–water partition coefficient (Wildman–Crippen LogP) is 2.83. The van der Waals surface area contributed by atoms with Gasteiger partial charge in [0.1, 0.15) is 11.1 Å². The Balaban J connectivity index is 1.46. The van der Waals surface area contributed by atoms with Gasteiger partial charge in [0.05, 0.1) is 25.1 Å². The number of fused-ring (bicyclic) bond motifs is 1. The number of hydrogen-bond donors (Lipinski definition) is 0. The molecule has 24 heavy (non-hydrogen) atoms. The van der Waals surface area contributed by atoms with Crippen molar-refractivity contribution in [3.05, 3.63) is 58.7 Å². The average Bonchev–Trinajstić information content (AvgIpc) is 3.16. The van der Waals surface area contributed by atoms with Gasteiger partial charge < -0.3 is 9.64 Å². The van der Waals surface area contributed by atoms with Gasteiger partial charge in [-0.25, -0.2) is 4.98 Å². The molecule has 1 aromatic carbocycles. The number of nitrogens with zero attached hydrogens (tertiary/aromatic N) is 3. The lowest BCUT2D eigenvalue weighted by molar-refractivity contribution is -0.138. The first-order valence-electron chi connectivity index (χ1n) is 7.92. The van der Waals surface area contributed by atoms with Crippen LogP contribution in [0.25, 0.3) is 10.9 Å². The van der Waals surface area contributed by atoms with Crippen molar-refractivity contribution in [1.29, 1.82) is 0 Å². The van der Waals surface area contributed by atoms with Crippen LogP contribution in [0.4, 0.5) is 0 Å². The number of pyridine rings is 1. The molecule has 1 amide bonds. The highest BCUT2D eigenvalue weighted by atomic mass is 32.1. The van der Waals surface area contributed by atoms with Gasteiger partial charge in [-0.3, -0.25) is 9.78 Å². The molecule has 1 saturated heterocycles. The van der Waals surface area contributed by atoms with E-state index in [0.29, 0.717) is 26.1 Å². The third-order valence-electron chi connectivity index (χ3n) is 4.15. The van der Waals surface area contributed by atoms with Crippen LogP contribution in [0.2, 0.25) is 0 Å². The van der Waals surface area contributed by atoms with E-state index in [0.717, 1.165) is 21.5 Å². The van der Waals surface area contributed by atoms with Crippen molar-refractivity contribution in [2.24, 2.45) is 0 Å². The Morgan fingerprint density at radius 1 is 1.33 bits per heavy atom. The van der Waals surface area contributed by atoms with E-state index in [1.54, 1.807) is 23.7 Å². The van der Waals surface area contributed by atoms with Gasteiger partial charge in [-0.05, 0) is 17.7 Å². The van der Waals surface area contributed by atoms with Gasteiger partial charge in [-0.2, -0.15) is 0 Å². The summed E-state index contributed by atoms with van der Waals surface area (Å²) in [6.45, 7) is 1.74. The molecule has 2 aromatic heterocycles. The van der Waals surface area contributed by atoms with E-state index >= 15 is 0 Å². The van der Waals surface area contributed by atoms with Gasteiger partial charge in [0.15, 0.2) is 0 Å². The van der Waals surface area contributed by atoms with Gasteiger partial charge in [-0.15, -0.1) is 11.3 Å². The second-order valence-electron chi connectivity index (χ2n) is 5.78. The topological polar surface area (TPSA) is 55.3 Å². The molecule has 3 heterocycles. The number of thiazole rings is 1. The molecule has 0 unspecified atom stereocenters. The number of amides is 1. The van der Waals surface area contributed by atoms with Crippen molar-refractivity contribution < 1.29 is 9.53 Å². The molecular formula is C18H17N3O2S. The molecule has 0 radical (unpaired) electrons. The SMILES string of the molecule is O=C(Cc1cnc2ccccc2c1)N1CCO[C@@H](c2nccs2)C1. The van der Waals surface area contributed by atoms with Crippen LogP contribution >= 0.6 is 11.3 Å². The minimum absolute atomic E-state index is 0.108. The molecule has 6 heteroatoms. The number of ether oxygens (including phenoxy) is 1. The van der Waals surface area contributed by atoms with Crippen LogP contribution in [0, 0.1) is 0 Å². The second kappa shape index (κ2) is 6.67. The first kappa shape index (κ1) is 15.2. The second-order valence-corrected chi connectivity index (χ2v) is 6.71. The largest absolute Gasteiger partial charge is 0.367 e. The smallest absolute Gasteiger partial charge is 0.227 e. The van der Waals surface area contributed by atoms with Crippen molar-refractivity contribution in [1.82, 2.24) is 14.9 Å². The predicted molar refractivity (Wildman–Crippen MR) is 92.8 cm³/mol. The monoisotopic (exact) mass is 339 g/mol. The Morgan fingerprint density at radius 2 is 2.25 bits per heavy atom. The third-order valence-corrected chi connectivity index (χ3v) is 5.02. The van der Waals surface area contributed by atoms with E-state index in [1.807, 2.05) is 40.6 Å². The Kier molecular flexibility index (Phi) is 4.23. The van der Waals surface area contributed by atoms with Gasteiger partial charge in [0.25, 0.3) is 0 Å². The number of benzene rings is 1. The zero-order valence-electron chi connectivity index (χ0n) is 13.1. The van der Waals surface area contributed by atoms with E-state index in [2.05, 4.69) is 9.97 Å². The zero-order valence-corrected chi connectivity index (χ0v) is 13.9. The van der Waals surface area contributed by atoms with Crippen molar-refractivity contribution in [3.63, 3.8) is 0 Å². The highest BCUT2D eigenvalue weighted by Gasteiger charge is 2.26. The summed E-state index contributed by atoms with van der Waals surface area (Å²) in [5.41, 5.74) is 1.89. The minimum atomic E-state index is -0.113. The Morgan fingerprint density at radius 3 is 3.12 bits per heavy atom. The fourth-order valence-corrected chi connectivity index (χ4v) is 3.60. The molecule has 0 bridgehead atoms. The summed E-state index contributed by atoms with van der Waals surface area (Å²) in [4.78, 5) is 23.2. The molecule has 1 aliphatic rings. The van der Waals surface area contributed by atoms with E-state index in [9.17, 15) is 4.79 Å². The molecule has 0 saturated carbocycles. The van der Waals surface area contributed by atoms with Crippen LogP contribution in [-0.4, -0.2) is 40.5 Å². The Bertz CT molecular complexity index is 850. The highest BCUT2D eigenvalue weighted by molar-refractivity contribution is 7.09. The summed E-state index contributed by atoms with van der Waals surface area (Å²) < 4.78 is 5.75. The molecule has 122 valence electrons. The van der Waals surface area contributed by atoms with Crippen LogP contribution in [0.5, 0.6) is 0 Å². The number of rotatable bonds is 3. The van der Waals surface area contributed by atoms with E-state index in [4.69, 9.17) is 4.74 Å². The summed E-state index contributed by atoms with van der Waals surface area (Å²) in [7, 11) is 0. The van der Waals surface area contributed by atoms with Crippen LogP contribution in [-0.2, 0) is 16.0 Å². The molecule has 5 nitrogen and oxygen atoms in total. The molecule has 1 fully saturated rings. The van der Waals surface area contributed by atoms with Crippen LogP contribution in [0.3, 0.4) is 0 Å². The van der Waals surface area contributed by atoms with E-state index < -0.39 is 0 Å². The summed E-state index contributed by atoms with van der Waals surface area (Å²) in [6, 6.07) is 9.98. The number of carbonyl (C=O) groups is 1. The maximum Gasteiger partial charge on any atom is 0.227 e. The van der Waals surface area contributed by atoms with Crippen molar-refractivity contribution >= 4 is 28.1 Å². The summed E-state index contributed by atoms with van der Waals surface area (Å²) in [5, 5.41) is 3.92. The number of carbonyl (C=O) groups excluding carboxylic acids is 1. The normalized spacial score (nSPS) is 18.0. The van der Waals surface area contributed by atoms with Crippen LogP contribution < -0.4 is 0 Å². The first-order valence-corrected chi connectivity index (χ1v) is 8.80. The maximum atomic E-state index is 12.6. The molecule has 1 atom stereocenters. The number of para-hydroxylation sites is 1. The lowest BCUT2D eigenvalue weighted by Crippen LogP contribution is -2.42. The first-order chi connectivity index (χ1) is 11.8. The lowest BCUT2D eigenvalue weighted by Gasteiger charge is -2.32. The fraction of sp³-hybridized carbons (Fsp3) is 0.278. The van der Waals surface area contributed by atoms with Crippen molar-refractivity contribution in [3.8, 4) is 0 Å². The van der Waals surface area contributed by atoms with Crippen molar-refractivity contribution in [2.45, 2.75) is 12.5 Å². The van der Waals surface area contributed by atoms with Gasteiger partial charge in [0.2, 0.25) is 5.91 Å². The van der Waals surface area contributed by atoms with E-state index in [1.165, 1.54) is 0 Å². The molecule has 0 N–H and O–H groups in total.